The van der Waals surface area contributed by atoms with Crippen molar-refractivity contribution in [2.75, 3.05) is 0 Å². The minimum atomic E-state index is 0.539. The number of rotatable bonds is 6. The van der Waals surface area contributed by atoms with Gasteiger partial charge in [-0.05, 0) is 77.1 Å². The molecule has 344 valence electrons. The second-order valence-corrected chi connectivity index (χ2v) is 18.5. The van der Waals surface area contributed by atoms with Crippen LogP contribution in [0.4, 0.5) is 0 Å². The average molecular weight is 929 g/mol. The van der Waals surface area contributed by atoms with E-state index in [1.807, 2.05) is 30.3 Å². The lowest BCUT2D eigenvalue weighted by Crippen LogP contribution is -2.09. The van der Waals surface area contributed by atoms with E-state index in [9.17, 15) is 0 Å². The molecular formula is C66H48N4O2. The van der Waals surface area contributed by atoms with Crippen LogP contribution in [0, 0.1) is 0 Å². The first kappa shape index (κ1) is 42.9. The topological polar surface area (TPSA) is 69.9 Å². The summed E-state index contributed by atoms with van der Waals surface area (Å²) in [7, 11) is 0. The molecule has 0 saturated carbocycles. The Bertz CT molecular complexity index is 4280. The van der Waals surface area contributed by atoms with Crippen molar-refractivity contribution < 1.29 is 8.83 Å². The largest absolute Gasteiger partial charge is 0.456 e. The summed E-state index contributed by atoms with van der Waals surface area (Å²) in [6, 6.07) is 57.9. The molecule has 0 aliphatic heterocycles. The zero-order valence-electron chi connectivity index (χ0n) is 40.0. The molecule has 2 aliphatic carbocycles. The van der Waals surface area contributed by atoms with Crippen LogP contribution in [0.2, 0.25) is 0 Å². The fraction of sp³-hybridized carbons (Fsp3) is 0.0758. The number of fused-ring (bicyclic) bond motifs is 11. The van der Waals surface area contributed by atoms with Crippen LogP contribution in [0.15, 0.2) is 221 Å². The summed E-state index contributed by atoms with van der Waals surface area (Å²) in [5, 5.41) is 6.62. The van der Waals surface area contributed by atoms with Crippen LogP contribution in [0.3, 0.4) is 0 Å². The zero-order valence-corrected chi connectivity index (χ0v) is 40.0. The molecule has 6 heteroatoms. The van der Waals surface area contributed by atoms with Crippen LogP contribution in [-0.4, -0.2) is 19.5 Å². The van der Waals surface area contributed by atoms with E-state index in [1.165, 1.54) is 12.0 Å². The van der Waals surface area contributed by atoms with Crippen LogP contribution < -0.4 is 0 Å². The van der Waals surface area contributed by atoms with Gasteiger partial charge in [0.05, 0.1) is 11.0 Å². The van der Waals surface area contributed by atoms with Gasteiger partial charge in [-0.2, -0.15) is 9.97 Å². The van der Waals surface area contributed by atoms with E-state index >= 15 is 0 Å². The van der Waals surface area contributed by atoms with E-state index in [2.05, 4.69) is 207 Å². The summed E-state index contributed by atoms with van der Waals surface area (Å²) in [5.41, 5.74) is 16.2. The Balaban J connectivity index is 0.00000164. The van der Waals surface area contributed by atoms with Crippen LogP contribution >= 0.6 is 0 Å². The average Bonchev–Trinajstić information content (AvgIpc) is 3.93. The van der Waals surface area contributed by atoms with Gasteiger partial charge in [0, 0.05) is 60.1 Å². The lowest BCUT2D eigenvalue weighted by Gasteiger charge is -2.15. The maximum Gasteiger partial charge on any atom is 0.238 e. The van der Waals surface area contributed by atoms with E-state index < -0.39 is 0 Å². The predicted octanol–water partition coefficient (Wildman–Crippen LogP) is 17.9. The highest BCUT2D eigenvalue weighted by molar-refractivity contribution is 6.16. The highest BCUT2D eigenvalue weighted by atomic mass is 16.3. The van der Waals surface area contributed by atoms with E-state index in [4.69, 9.17) is 23.8 Å². The SMILES string of the molecule is C1=CCC=CC(c2nc(-c3ccc4c(c3)oc3ccccc34)nc(-n3c4c(-c5cccc(-c6cccc(-c7cccc8c7oc7ccccc78)c6)c5)cccc4c4ccc5c(c43)C=CC=CC5)n2)=C1.CCC. The molecule has 0 amide bonds. The summed E-state index contributed by atoms with van der Waals surface area (Å²) in [6.07, 6.45) is 22.2. The van der Waals surface area contributed by atoms with Gasteiger partial charge in [-0.1, -0.05) is 202 Å². The maximum atomic E-state index is 6.49. The molecular weight excluding hydrogens is 881 g/mol. The Labute approximate surface area is 416 Å². The molecule has 0 bridgehead atoms. The van der Waals surface area contributed by atoms with Crippen molar-refractivity contribution in [1.82, 2.24) is 19.5 Å². The van der Waals surface area contributed by atoms with Gasteiger partial charge in [0.1, 0.15) is 22.3 Å². The summed E-state index contributed by atoms with van der Waals surface area (Å²) < 4.78 is 15.2. The quantitative estimate of drug-likeness (QED) is 0.166. The molecule has 8 aromatic carbocycles. The highest BCUT2D eigenvalue weighted by Crippen LogP contribution is 2.43. The minimum absolute atomic E-state index is 0.539. The molecule has 0 N–H and O–H groups in total. The Morgan fingerprint density at radius 2 is 1.10 bits per heavy atom. The van der Waals surface area contributed by atoms with Crippen molar-refractivity contribution in [1.29, 1.82) is 0 Å². The second kappa shape index (κ2) is 18.0. The Kier molecular flexibility index (Phi) is 10.7. The molecule has 0 radical (unpaired) electrons. The number of para-hydroxylation sites is 4. The maximum absolute atomic E-state index is 6.49. The summed E-state index contributed by atoms with van der Waals surface area (Å²) in [4.78, 5) is 16.1. The lowest BCUT2D eigenvalue weighted by molar-refractivity contribution is 0.669. The lowest BCUT2D eigenvalue weighted by atomic mass is 9.95. The van der Waals surface area contributed by atoms with Gasteiger partial charge in [-0.25, -0.2) is 4.98 Å². The normalized spacial score (nSPS) is 13.2. The highest BCUT2D eigenvalue weighted by Gasteiger charge is 2.24. The predicted molar refractivity (Wildman–Crippen MR) is 299 cm³/mol. The van der Waals surface area contributed by atoms with Crippen molar-refractivity contribution in [3.63, 3.8) is 0 Å². The van der Waals surface area contributed by atoms with Gasteiger partial charge in [0.25, 0.3) is 0 Å². The van der Waals surface area contributed by atoms with Crippen LogP contribution in [-0.2, 0) is 6.42 Å². The summed E-state index contributed by atoms with van der Waals surface area (Å²) in [5.74, 6) is 1.69. The second-order valence-electron chi connectivity index (χ2n) is 18.5. The number of aromatic nitrogens is 4. The van der Waals surface area contributed by atoms with Gasteiger partial charge < -0.3 is 8.83 Å². The first-order valence-corrected chi connectivity index (χ1v) is 24.9. The fourth-order valence-corrected chi connectivity index (χ4v) is 10.5. The molecule has 0 atom stereocenters. The molecule has 0 unspecified atom stereocenters. The van der Waals surface area contributed by atoms with Crippen molar-refractivity contribution >= 4 is 77.3 Å². The Morgan fingerprint density at radius 3 is 1.92 bits per heavy atom. The molecule has 4 aromatic heterocycles. The third-order valence-electron chi connectivity index (χ3n) is 13.7. The molecule has 2 aliphatic rings. The van der Waals surface area contributed by atoms with Crippen molar-refractivity contribution in [3.8, 4) is 50.7 Å². The number of allylic oxidation sites excluding steroid dienone is 9. The van der Waals surface area contributed by atoms with Crippen LogP contribution in [0.5, 0.6) is 0 Å². The number of furan rings is 2. The Hall–Kier alpha value is -9.13. The molecule has 0 fully saturated rings. The Morgan fingerprint density at radius 1 is 0.458 bits per heavy atom. The third kappa shape index (κ3) is 7.39. The molecule has 6 nitrogen and oxygen atoms in total. The summed E-state index contributed by atoms with van der Waals surface area (Å²) >= 11 is 0. The zero-order chi connectivity index (χ0) is 48.1. The fourth-order valence-electron chi connectivity index (χ4n) is 10.5. The molecule has 0 spiro atoms. The smallest absolute Gasteiger partial charge is 0.238 e. The van der Waals surface area contributed by atoms with Gasteiger partial charge in [0.15, 0.2) is 11.6 Å². The van der Waals surface area contributed by atoms with E-state index in [1.54, 1.807) is 0 Å². The molecule has 72 heavy (non-hydrogen) atoms. The van der Waals surface area contributed by atoms with E-state index in [0.717, 1.165) is 129 Å². The van der Waals surface area contributed by atoms with Gasteiger partial charge in [-0.3, -0.25) is 4.57 Å². The van der Waals surface area contributed by atoms with Crippen molar-refractivity contribution in [3.05, 3.63) is 229 Å². The van der Waals surface area contributed by atoms with Gasteiger partial charge in [-0.15, -0.1) is 0 Å². The van der Waals surface area contributed by atoms with Crippen LogP contribution in [0.25, 0.3) is 128 Å². The van der Waals surface area contributed by atoms with E-state index in [0.29, 0.717) is 17.6 Å². The standard InChI is InChI=1S/C63H40N4O2.C3H8/c1-2-5-18-40(17-4-1)61-64-62(45-33-34-51-49-24-8-10-30-55(49)68-57(51)38-45)66-63(65-61)67-58-46-23-7-3-6-16-39(46)32-35-53(58)52-28-14-26-47(59(52)67)43-21-12-19-41(36-43)42-20-13-22-44(37-42)48-27-15-29-54-50-25-9-11-31-56(50)69-60(48)54;1-3-2/h1,3-15,17-38H,2,16H2;3H2,1-2H3. The minimum Gasteiger partial charge on any atom is -0.456 e. The number of hydrogen-bond acceptors (Lipinski definition) is 5. The van der Waals surface area contributed by atoms with Gasteiger partial charge in [0.2, 0.25) is 5.95 Å². The molecule has 14 rings (SSSR count). The molecule has 12 aromatic rings. The number of hydrogen-bond donors (Lipinski definition) is 0. The third-order valence-corrected chi connectivity index (χ3v) is 13.7. The van der Waals surface area contributed by atoms with Crippen LogP contribution in [0.1, 0.15) is 43.6 Å². The molecule has 4 heterocycles. The molecule has 0 saturated heterocycles. The summed E-state index contributed by atoms with van der Waals surface area (Å²) in [6.45, 7) is 4.25. The van der Waals surface area contributed by atoms with Crippen molar-refractivity contribution in [2.24, 2.45) is 0 Å². The monoisotopic (exact) mass is 928 g/mol. The van der Waals surface area contributed by atoms with E-state index in [-0.39, 0.29) is 0 Å². The number of nitrogens with zero attached hydrogens (tertiary/aromatic N) is 4. The number of benzene rings is 8. The van der Waals surface area contributed by atoms with Crippen molar-refractivity contribution in [2.45, 2.75) is 33.1 Å². The van der Waals surface area contributed by atoms with Gasteiger partial charge >= 0.3 is 0 Å². The first-order valence-electron chi connectivity index (χ1n) is 24.9. The first-order chi connectivity index (χ1) is 35.6.